The van der Waals surface area contributed by atoms with Crippen molar-refractivity contribution in [2.75, 3.05) is 6.54 Å². The summed E-state index contributed by atoms with van der Waals surface area (Å²) in [5, 5.41) is 15.3. The lowest BCUT2D eigenvalue weighted by Gasteiger charge is -2.23. The zero-order valence-corrected chi connectivity index (χ0v) is 9.43. The number of aliphatic carboxylic acids is 1. The van der Waals surface area contributed by atoms with E-state index in [0.717, 1.165) is 6.08 Å². The number of rotatable bonds is 3. The Morgan fingerprint density at radius 1 is 1.33 bits per heavy atom. The van der Waals surface area contributed by atoms with E-state index >= 15 is 0 Å². The van der Waals surface area contributed by atoms with Gasteiger partial charge in [0, 0.05) is 31.2 Å². The van der Waals surface area contributed by atoms with E-state index in [2.05, 4.69) is 10.6 Å². The Hall–Kier alpha value is -2.38. The van der Waals surface area contributed by atoms with Crippen molar-refractivity contribution in [3.8, 4) is 0 Å². The predicted molar refractivity (Wildman–Crippen MR) is 59.5 cm³/mol. The average molecular weight is 255 g/mol. The standard InChI is InChI=1S/C10H13N3O5/c14-7-2-1-6(5-11-7)12-10(18)13-8(15)3-4-9(16)17/h3-4,6H,1-2,5H2,(H,11,14)(H,16,17)(H2,12,13,15,18). The molecule has 8 heteroatoms. The minimum atomic E-state index is -1.28. The molecular formula is C10H13N3O5. The van der Waals surface area contributed by atoms with E-state index < -0.39 is 17.9 Å². The molecule has 1 aliphatic heterocycles. The summed E-state index contributed by atoms with van der Waals surface area (Å²) in [5.74, 6) is -2.18. The number of nitrogens with one attached hydrogen (secondary N) is 3. The molecule has 1 fully saturated rings. The number of carbonyl (C=O) groups is 4. The minimum Gasteiger partial charge on any atom is -0.478 e. The zero-order chi connectivity index (χ0) is 13.5. The maximum Gasteiger partial charge on any atom is 0.328 e. The first-order valence-electron chi connectivity index (χ1n) is 5.26. The lowest BCUT2D eigenvalue weighted by atomic mass is 10.1. The number of carboxylic acid groups (broad SMARTS) is 1. The number of imide groups is 1. The van der Waals surface area contributed by atoms with Crippen LogP contribution in [0.15, 0.2) is 12.2 Å². The van der Waals surface area contributed by atoms with Crippen LogP contribution in [0.4, 0.5) is 4.79 Å². The largest absolute Gasteiger partial charge is 0.478 e. The molecule has 8 nitrogen and oxygen atoms in total. The smallest absolute Gasteiger partial charge is 0.328 e. The molecule has 0 aliphatic carbocycles. The number of carboxylic acids is 1. The molecule has 1 aliphatic rings. The van der Waals surface area contributed by atoms with Gasteiger partial charge in [0.2, 0.25) is 5.91 Å². The summed E-state index contributed by atoms with van der Waals surface area (Å²) < 4.78 is 0. The molecule has 1 atom stereocenters. The molecule has 0 aromatic rings. The second-order valence-corrected chi connectivity index (χ2v) is 3.67. The van der Waals surface area contributed by atoms with Crippen LogP contribution in [-0.2, 0) is 14.4 Å². The summed E-state index contributed by atoms with van der Waals surface area (Å²) in [4.78, 5) is 43.4. The third kappa shape index (κ3) is 5.10. The Morgan fingerprint density at radius 3 is 2.61 bits per heavy atom. The highest BCUT2D eigenvalue weighted by Gasteiger charge is 2.19. The molecular weight excluding hydrogens is 242 g/mol. The van der Waals surface area contributed by atoms with Gasteiger partial charge in [-0.25, -0.2) is 9.59 Å². The lowest BCUT2D eigenvalue weighted by molar-refractivity contribution is -0.131. The first kappa shape index (κ1) is 13.7. The molecule has 0 aromatic carbocycles. The van der Waals surface area contributed by atoms with Gasteiger partial charge >= 0.3 is 12.0 Å². The number of piperidine rings is 1. The predicted octanol–water partition coefficient (Wildman–Crippen LogP) is -1.27. The molecule has 1 rings (SSSR count). The number of carbonyl (C=O) groups excluding carboxylic acids is 3. The summed E-state index contributed by atoms with van der Waals surface area (Å²) in [6.45, 7) is 0.311. The Labute approximate surface area is 102 Å². The summed E-state index contributed by atoms with van der Waals surface area (Å²) in [6.07, 6.45) is 2.18. The van der Waals surface area contributed by atoms with E-state index in [1.807, 2.05) is 5.32 Å². The van der Waals surface area contributed by atoms with Crippen LogP contribution < -0.4 is 16.0 Å². The molecule has 18 heavy (non-hydrogen) atoms. The third-order valence-electron chi connectivity index (χ3n) is 2.21. The fourth-order valence-corrected chi connectivity index (χ4v) is 1.38. The summed E-state index contributed by atoms with van der Waals surface area (Å²) in [5.41, 5.74) is 0. The lowest BCUT2D eigenvalue weighted by Crippen LogP contribution is -2.51. The van der Waals surface area contributed by atoms with Crippen molar-refractivity contribution in [1.29, 1.82) is 0 Å². The Kier molecular flexibility index (Phi) is 4.85. The molecule has 1 unspecified atom stereocenters. The topological polar surface area (TPSA) is 125 Å². The fourth-order valence-electron chi connectivity index (χ4n) is 1.38. The Balaban J connectivity index is 2.31. The van der Waals surface area contributed by atoms with E-state index in [1.54, 1.807) is 0 Å². The van der Waals surface area contributed by atoms with E-state index in [4.69, 9.17) is 5.11 Å². The van der Waals surface area contributed by atoms with Gasteiger partial charge in [-0.05, 0) is 6.42 Å². The molecule has 0 spiro atoms. The van der Waals surface area contributed by atoms with Crippen molar-refractivity contribution in [1.82, 2.24) is 16.0 Å². The zero-order valence-electron chi connectivity index (χ0n) is 9.43. The van der Waals surface area contributed by atoms with Gasteiger partial charge in [-0.3, -0.25) is 14.9 Å². The summed E-state index contributed by atoms with van der Waals surface area (Å²) in [6, 6.07) is -0.963. The molecule has 4 N–H and O–H groups in total. The van der Waals surface area contributed by atoms with Crippen molar-refractivity contribution in [3.05, 3.63) is 12.2 Å². The highest BCUT2D eigenvalue weighted by molar-refractivity contribution is 6.02. The quantitative estimate of drug-likeness (QED) is 0.468. The van der Waals surface area contributed by atoms with Crippen LogP contribution in [0, 0.1) is 0 Å². The average Bonchev–Trinajstić information content (AvgIpc) is 2.29. The molecule has 1 heterocycles. The van der Waals surface area contributed by atoms with Crippen LogP contribution in [-0.4, -0.2) is 41.5 Å². The molecule has 98 valence electrons. The van der Waals surface area contributed by atoms with E-state index in [-0.39, 0.29) is 11.9 Å². The first-order valence-corrected chi connectivity index (χ1v) is 5.26. The second kappa shape index (κ2) is 6.38. The van der Waals surface area contributed by atoms with Crippen LogP contribution in [0.3, 0.4) is 0 Å². The highest BCUT2D eigenvalue weighted by atomic mass is 16.4. The number of amides is 4. The van der Waals surface area contributed by atoms with Gasteiger partial charge in [-0.15, -0.1) is 0 Å². The summed E-state index contributed by atoms with van der Waals surface area (Å²) >= 11 is 0. The van der Waals surface area contributed by atoms with Gasteiger partial charge in [0.1, 0.15) is 0 Å². The van der Waals surface area contributed by atoms with Gasteiger partial charge in [-0.2, -0.15) is 0 Å². The molecule has 0 radical (unpaired) electrons. The molecule has 0 bridgehead atoms. The van der Waals surface area contributed by atoms with Crippen molar-refractivity contribution in [2.45, 2.75) is 18.9 Å². The van der Waals surface area contributed by atoms with Gasteiger partial charge in [-0.1, -0.05) is 0 Å². The van der Waals surface area contributed by atoms with Gasteiger partial charge in [0.05, 0.1) is 0 Å². The van der Waals surface area contributed by atoms with Gasteiger partial charge in [0.15, 0.2) is 0 Å². The molecule has 4 amide bonds. The normalized spacial score (nSPS) is 19.1. The Bertz CT molecular complexity index is 394. The minimum absolute atomic E-state index is 0.0751. The maximum atomic E-state index is 11.3. The van der Waals surface area contributed by atoms with E-state index in [0.29, 0.717) is 25.5 Å². The number of urea groups is 1. The number of hydrogen-bond donors (Lipinski definition) is 4. The van der Waals surface area contributed by atoms with Crippen molar-refractivity contribution in [2.24, 2.45) is 0 Å². The van der Waals surface area contributed by atoms with E-state index in [1.165, 1.54) is 0 Å². The van der Waals surface area contributed by atoms with Crippen molar-refractivity contribution < 1.29 is 24.3 Å². The molecule has 0 saturated carbocycles. The van der Waals surface area contributed by atoms with Crippen LogP contribution >= 0.6 is 0 Å². The summed E-state index contributed by atoms with van der Waals surface area (Å²) in [7, 11) is 0. The van der Waals surface area contributed by atoms with Gasteiger partial charge < -0.3 is 15.7 Å². The van der Waals surface area contributed by atoms with Crippen LogP contribution in [0.5, 0.6) is 0 Å². The van der Waals surface area contributed by atoms with E-state index in [9.17, 15) is 19.2 Å². The maximum absolute atomic E-state index is 11.3. The van der Waals surface area contributed by atoms with Crippen molar-refractivity contribution >= 4 is 23.8 Å². The molecule has 0 aromatic heterocycles. The van der Waals surface area contributed by atoms with Crippen LogP contribution in [0.1, 0.15) is 12.8 Å². The second-order valence-electron chi connectivity index (χ2n) is 3.67. The van der Waals surface area contributed by atoms with Gasteiger partial charge in [0.25, 0.3) is 5.91 Å². The third-order valence-corrected chi connectivity index (χ3v) is 2.21. The first-order chi connectivity index (χ1) is 8.47. The van der Waals surface area contributed by atoms with Crippen molar-refractivity contribution in [3.63, 3.8) is 0 Å². The monoisotopic (exact) mass is 255 g/mol. The van der Waals surface area contributed by atoms with Crippen LogP contribution in [0.2, 0.25) is 0 Å². The fraction of sp³-hybridized carbons (Fsp3) is 0.400. The Morgan fingerprint density at radius 2 is 2.06 bits per heavy atom. The molecule has 1 saturated heterocycles. The SMILES string of the molecule is O=C(O)C=CC(=O)NC(=O)NC1CCC(=O)NC1. The van der Waals surface area contributed by atoms with Crippen LogP contribution in [0.25, 0.3) is 0 Å². The number of hydrogen-bond acceptors (Lipinski definition) is 4. The highest BCUT2D eigenvalue weighted by Crippen LogP contribution is 2.01.